The fraction of sp³-hybridized carbons (Fsp3) is 0.562. The van der Waals surface area contributed by atoms with Crippen LogP contribution in [0.3, 0.4) is 0 Å². The molecule has 2 rings (SSSR count). The predicted molar refractivity (Wildman–Crippen MR) is 82.4 cm³/mol. The number of nitrogens with two attached hydrogens (primary N) is 1. The molecule has 0 saturated carbocycles. The highest BCUT2D eigenvalue weighted by Crippen LogP contribution is 2.17. The molecule has 0 aromatic heterocycles. The fourth-order valence-electron chi connectivity index (χ4n) is 2.62. The van der Waals surface area contributed by atoms with Gasteiger partial charge in [-0.05, 0) is 62.4 Å². The minimum absolute atomic E-state index is 0.180. The van der Waals surface area contributed by atoms with E-state index < -0.39 is 0 Å². The molecule has 1 aliphatic heterocycles. The van der Waals surface area contributed by atoms with Gasteiger partial charge in [0.25, 0.3) is 0 Å². The van der Waals surface area contributed by atoms with Crippen molar-refractivity contribution in [2.45, 2.75) is 32.1 Å². The SMILES string of the molecule is Nc1ccc(CCNC(=O)CCC2CCNCC2)cc1. The first kappa shape index (κ1) is 14.9. The van der Waals surface area contributed by atoms with Crippen molar-refractivity contribution < 1.29 is 4.79 Å². The van der Waals surface area contributed by atoms with Crippen molar-refractivity contribution in [1.29, 1.82) is 0 Å². The van der Waals surface area contributed by atoms with Crippen LogP contribution in [-0.4, -0.2) is 25.5 Å². The van der Waals surface area contributed by atoms with Crippen molar-refractivity contribution in [3.63, 3.8) is 0 Å². The maximum atomic E-state index is 11.8. The quantitative estimate of drug-likeness (QED) is 0.692. The number of benzene rings is 1. The number of nitrogen functional groups attached to an aromatic ring is 1. The van der Waals surface area contributed by atoms with Crippen molar-refractivity contribution in [2.75, 3.05) is 25.4 Å². The molecule has 1 fully saturated rings. The van der Waals surface area contributed by atoms with Gasteiger partial charge < -0.3 is 16.4 Å². The van der Waals surface area contributed by atoms with Crippen LogP contribution in [0.25, 0.3) is 0 Å². The van der Waals surface area contributed by atoms with E-state index in [4.69, 9.17) is 5.73 Å². The fourth-order valence-corrected chi connectivity index (χ4v) is 2.62. The summed E-state index contributed by atoms with van der Waals surface area (Å²) in [4.78, 5) is 11.8. The first-order valence-electron chi connectivity index (χ1n) is 7.56. The van der Waals surface area contributed by atoms with Crippen molar-refractivity contribution in [3.8, 4) is 0 Å². The number of carbonyl (C=O) groups is 1. The molecule has 4 nitrogen and oxygen atoms in total. The Balaban J connectivity index is 1.58. The third kappa shape index (κ3) is 5.21. The Morgan fingerprint density at radius 2 is 1.95 bits per heavy atom. The molecule has 0 atom stereocenters. The summed E-state index contributed by atoms with van der Waals surface area (Å²) in [6, 6.07) is 7.82. The van der Waals surface area contributed by atoms with E-state index in [-0.39, 0.29) is 5.91 Å². The Kier molecular flexibility index (Phi) is 5.87. The molecule has 0 spiro atoms. The summed E-state index contributed by atoms with van der Waals surface area (Å²) < 4.78 is 0. The van der Waals surface area contributed by atoms with Crippen LogP contribution < -0.4 is 16.4 Å². The summed E-state index contributed by atoms with van der Waals surface area (Å²) in [5.74, 6) is 0.901. The van der Waals surface area contributed by atoms with Crippen LogP contribution in [0.15, 0.2) is 24.3 Å². The average Bonchev–Trinajstić information content (AvgIpc) is 2.48. The molecule has 0 aliphatic carbocycles. The van der Waals surface area contributed by atoms with Crippen LogP contribution >= 0.6 is 0 Å². The molecule has 4 N–H and O–H groups in total. The summed E-state index contributed by atoms with van der Waals surface area (Å²) in [6.07, 6.45) is 4.96. The Hall–Kier alpha value is -1.55. The third-order valence-electron chi connectivity index (χ3n) is 3.95. The number of hydrogen-bond acceptors (Lipinski definition) is 3. The van der Waals surface area contributed by atoms with Gasteiger partial charge >= 0.3 is 0 Å². The minimum atomic E-state index is 0.180. The van der Waals surface area contributed by atoms with Gasteiger partial charge in [-0.3, -0.25) is 4.79 Å². The number of anilines is 1. The molecule has 1 aliphatic rings. The van der Waals surface area contributed by atoms with E-state index in [0.717, 1.165) is 37.5 Å². The van der Waals surface area contributed by atoms with Gasteiger partial charge in [-0.25, -0.2) is 0 Å². The lowest BCUT2D eigenvalue weighted by Gasteiger charge is -2.22. The van der Waals surface area contributed by atoms with Gasteiger partial charge in [-0.15, -0.1) is 0 Å². The monoisotopic (exact) mass is 275 g/mol. The second kappa shape index (κ2) is 7.90. The molecule has 1 aromatic rings. The van der Waals surface area contributed by atoms with Crippen molar-refractivity contribution in [3.05, 3.63) is 29.8 Å². The number of rotatable bonds is 6. The largest absolute Gasteiger partial charge is 0.399 e. The van der Waals surface area contributed by atoms with Crippen LogP contribution in [0.4, 0.5) is 5.69 Å². The minimum Gasteiger partial charge on any atom is -0.399 e. The number of piperidine rings is 1. The zero-order valence-corrected chi connectivity index (χ0v) is 12.0. The lowest BCUT2D eigenvalue weighted by molar-refractivity contribution is -0.121. The van der Waals surface area contributed by atoms with Crippen LogP contribution in [0.1, 0.15) is 31.2 Å². The van der Waals surface area contributed by atoms with E-state index in [9.17, 15) is 4.79 Å². The number of nitrogens with one attached hydrogen (secondary N) is 2. The van der Waals surface area contributed by atoms with Gasteiger partial charge in [0.1, 0.15) is 0 Å². The van der Waals surface area contributed by atoms with Crippen molar-refractivity contribution in [1.82, 2.24) is 10.6 Å². The van der Waals surface area contributed by atoms with E-state index in [2.05, 4.69) is 10.6 Å². The molecule has 20 heavy (non-hydrogen) atoms. The van der Waals surface area contributed by atoms with Crippen LogP contribution in [0.2, 0.25) is 0 Å². The second-order valence-electron chi connectivity index (χ2n) is 5.57. The van der Waals surface area contributed by atoms with Crippen molar-refractivity contribution in [2.24, 2.45) is 5.92 Å². The topological polar surface area (TPSA) is 67.1 Å². The molecule has 1 heterocycles. The lowest BCUT2D eigenvalue weighted by atomic mass is 9.93. The van der Waals surface area contributed by atoms with E-state index in [1.54, 1.807) is 0 Å². The second-order valence-corrected chi connectivity index (χ2v) is 5.57. The molecule has 1 saturated heterocycles. The molecule has 0 bridgehead atoms. The molecule has 4 heteroatoms. The molecule has 1 aromatic carbocycles. The zero-order chi connectivity index (χ0) is 14.2. The van der Waals surface area contributed by atoms with Gasteiger partial charge in [0.15, 0.2) is 0 Å². The van der Waals surface area contributed by atoms with Gasteiger partial charge in [-0.2, -0.15) is 0 Å². The highest BCUT2D eigenvalue weighted by atomic mass is 16.1. The molecular formula is C16H25N3O. The van der Waals surface area contributed by atoms with Gasteiger partial charge in [0.2, 0.25) is 5.91 Å². The van der Waals surface area contributed by atoms with E-state index >= 15 is 0 Å². The van der Waals surface area contributed by atoms with Gasteiger partial charge in [0.05, 0.1) is 0 Å². The van der Waals surface area contributed by atoms with Crippen molar-refractivity contribution >= 4 is 11.6 Å². The standard InChI is InChI=1S/C16H25N3O/c17-15-4-1-13(2-5-15)9-12-19-16(20)6-3-14-7-10-18-11-8-14/h1-2,4-5,14,18H,3,6-12,17H2,(H,19,20). The summed E-state index contributed by atoms with van der Waals surface area (Å²) in [5.41, 5.74) is 7.62. The summed E-state index contributed by atoms with van der Waals surface area (Å²) >= 11 is 0. The lowest BCUT2D eigenvalue weighted by Crippen LogP contribution is -2.30. The Morgan fingerprint density at radius 3 is 2.65 bits per heavy atom. The highest BCUT2D eigenvalue weighted by molar-refractivity contribution is 5.75. The normalized spacial score (nSPS) is 16.0. The maximum absolute atomic E-state index is 11.8. The third-order valence-corrected chi connectivity index (χ3v) is 3.95. The molecule has 0 unspecified atom stereocenters. The van der Waals surface area contributed by atoms with E-state index in [1.807, 2.05) is 24.3 Å². The molecule has 0 radical (unpaired) electrons. The molecule has 1 amide bonds. The van der Waals surface area contributed by atoms with Crippen LogP contribution in [0.5, 0.6) is 0 Å². The van der Waals surface area contributed by atoms with E-state index in [0.29, 0.717) is 13.0 Å². The Labute approximate surface area is 121 Å². The molecular weight excluding hydrogens is 250 g/mol. The van der Waals surface area contributed by atoms with Crippen LogP contribution in [-0.2, 0) is 11.2 Å². The Bertz CT molecular complexity index is 410. The zero-order valence-electron chi connectivity index (χ0n) is 12.0. The van der Waals surface area contributed by atoms with Gasteiger partial charge in [-0.1, -0.05) is 12.1 Å². The number of amides is 1. The van der Waals surface area contributed by atoms with Crippen LogP contribution in [0, 0.1) is 5.92 Å². The molecule has 110 valence electrons. The summed E-state index contributed by atoms with van der Waals surface area (Å²) in [7, 11) is 0. The van der Waals surface area contributed by atoms with Gasteiger partial charge in [0, 0.05) is 18.7 Å². The summed E-state index contributed by atoms with van der Waals surface area (Å²) in [6.45, 7) is 2.90. The highest BCUT2D eigenvalue weighted by Gasteiger charge is 2.14. The maximum Gasteiger partial charge on any atom is 0.220 e. The smallest absolute Gasteiger partial charge is 0.220 e. The first-order chi connectivity index (χ1) is 9.74. The number of carbonyl (C=O) groups excluding carboxylic acids is 1. The Morgan fingerprint density at radius 1 is 1.25 bits per heavy atom. The average molecular weight is 275 g/mol. The number of hydrogen-bond donors (Lipinski definition) is 3. The predicted octanol–water partition coefficient (Wildman–Crippen LogP) is 1.71. The first-order valence-corrected chi connectivity index (χ1v) is 7.56. The van der Waals surface area contributed by atoms with E-state index in [1.165, 1.54) is 18.4 Å². The summed E-state index contributed by atoms with van der Waals surface area (Å²) in [5, 5.41) is 6.35.